The average molecular weight is 400 g/mol. The zero-order valence-corrected chi connectivity index (χ0v) is 16.5. The highest BCUT2D eigenvalue weighted by molar-refractivity contribution is 7.99. The Hall–Kier alpha value is -2.51. The molecular formula is C21H25N3O3S. The molecule has 0 spiro atoms. The van der Waals surface area contributed by atoms with E-state index >= 15 is 0 Å². The van der Waals surface area contributed by atoms with Gasteiger partial charge in [-0.2, -0.15) is 11.8 Å². The number of carbonyl (C=O) groups is 2. The number of amides is 2. The van der Waals surface area contributed by atoms with E-state index in [-0.39, 0.29) is 24.8 Å². The number of benzene rings is 1. The Balaban J connectivity index is 1.39. The summed E-state index contributed by atoms with van der Waals surface area (Å²) >= 11 is 2.00. The van der Waals surface area contributed by atoms with Crippen LogP contribution in [0.1, 0.15) is 17.7 Å². The second-order valence-electron chi connectivity index (χ2n) is 6.53. The van der Waals surface area contributed by atoms with Crippen LogP contribution in [0, 0.1) is 0 Å². The van der Waals surface area contributed by atoms with Crippen molar-refractivity contribution in [1.29, 1.82) is 0 Å². The molecule has 2 aromatic rings. The number of anilines is 1. The number of thioether (sulfide) groups is 1. The summed E-state index contributed by atoms with van der Waals surface area (Å²) in [5.74, 6) is 2.58. The van der Waals surface area contributed by atoms with Crippen molar-refractivity contribution in [3.8, 4) is 0 Å². The molecule has 0 unspecified atom stereocenters. The zero-order valence-electron chi connectivity index (χ0n) is 15.7. The van der Waals surface area contributed by atoms with Gasteiger partial charge in [0, 0.05) is 55.9 Å². The second kappa shape index (κ2) is 10.7. The molecule has 148 valence electrons. The van der Waals surface area contributed by atoms with Crippen molar-refractivity contribution < 1.29 is 14.0 Å². The number of furan rings is 1. The molecule has 0 radical (unpaired) electrons. The molecule has 2 amide bonds. The van der Waals surface area contributed by atoms with Gasteiger partial charge >= 0.3 is 0 Å². The van der Waals surface area contributed by atoms with Gasteiger partial charge in [-0.3, -0.25) is 14.5 Å². The van der Waals surface area contributed by atoms with Gasteiger partial charge in [-0.05, 0) is 35.9 Å². The summed E-state index contributed by atoms with van der Waals surface area (Å²) in [4.78, 5) is 26.3. The van der Waals surface area contributed by atoms with E-state index in [1.165, 1.54) is 23.1 Å². The van der Waals surface area contributed by atoms with Crippen molar-refractivity contribution in [2.45, 2.75) is 13.0 Å². The molecule has 1 aliphatic rings. The Kier molecular flexibility index (Phi) is 7.75. The van der Waals surface area contributed by atoms with Crippen LogP contribution in [0.4, 0.5) is 5.69 Å². The predicted molar refractivity (Wildman–Crippen MR) is 113 cm³/mol. The molecule has 0 atom stereocenters. The first-order chi connectivity index (χ1) is 13.7. The third-order valence-corrected chi connectivity index (χ3v) is 5.26. The van der Waals surface area contributed by atoms with Gasteiger partial charge in [0.05, 0.1) is 6.26 Å². The lowest BCUT2D eigenvalue weighted by Gasteiger charge is -2.26. The first-order valence-electron chi connectivity index (χ1n) is 9.37. The highest BCUT2D eigenvalue weighted by atomic mass is 32.2. The normalized spacial score (nSPS) is 14.9. The van der Waals surface area contributed by atoms with Crippen LogP contribution in [0.3, 0.4) is 0 Å². The highest BCUT2D eigenvalue weighted by Gasteiger charge is 2.11. The first-order valence-corrected chi connectivity index (χ1v) is 10.5. The van der Waals surface area contributed by atoms with Crippen LogP contribution in [0.25, 0.3) is 6.08 Å². The number of nitrogens with one attached hydrogen (secondary N) is 2. The smallest absolute Gasteiger partial charge is 0.244 e. The second-order valence-corrected chi connectivity index (χ2v) is 7.75. The van der Waals surface area contributed by atoms with Gasteiger partial charge in [0.15, 0.2) is 0 Å². The summed E-state index contributed by atoms with van der Waals surface area (Å²) in [7, 11) is 0. The molecule has 1 saturated heterocycles. The predicted octanol–water partition coefficient (Wildman–Crippen LogP) is 2.99. The minimum Gasteiger partial charge on any atom is -0.465 e. The monoisotopic (exact) mass is 399 g/mol. The van der Waals surface area contributed by atoms with Crippen LogP contribution in [0.5, 0.6) is 0 Å². The third-order valence-electron chi connectivity index (χ3n) is 4.31. The van der Waals surface area contributed by atoms with Gasteiger partial charge in [0.1, 0.15) is 5.76 Å². The Morgan fingerprint density at radius 1 is 1.18 bits per heavy atom. The van der Waals surface area contributed by atoms with E-state index in [0.29, 0.717) is 5.76 Å². The van der Waals surface area contributed by atoms with Gasteiger partial charge in [-0.1, -0.05) is 12.1 Å². The molecule has 0 saturated carbocycles. The van der Waals surface area contributed by atoms with Crippen LogP contribution < -0.4 is 10.6 Å². The van der Waals surface area contributed by atoms with Gasteiger partial charge in [0.25, 0.3) is 0 Å². The molecule has 0 aliphatic carbocycles. The third kappa shape index (κ3) is 6.90. The number of hydrogen-bond acceptors (Lipinski definition) is 5. The molecule has 2 N–H and O–H groups in total. The first kappa shape index (κ1) is 20.2. The Bertz CT molecular complexity index is 799. The number of nitrogens with zero attached hydrogens (tertiary/aromatic N) is 1. The largest absolute Gasteiger partial charge is 0.465 e. The van der Waals surface area contributed by atoms with Crippen molar-refractivity contribution in [2.24, 2.45) is 0 Å². The van der Waals surface area contributed by atoms with E-state index in [1.54, 1.807) is 24.5 Å². The van der Waals surface area contributed by atoms with E-state index < -0.39 is 0 Å². The topological polar surface area (TPSA) is 74.6 Å². The summed E-state index contributed by atoms with van der Waals surface area (Å²) in [6.07, 6.45) is 4.73. The van der Waals surface area contributed by atoms with Crippen LogP contribution in [-0.2, 0) is 16.1 Å². The summed E-state index contributed by atoms with van der Waals surface area (Å²) < 4.78 is 5.12. The van der Waals surface area contributed by atoms with E-state index in [1.807, 2.05) is 30.0 Å². The average Bonchev–Trinajstić information content (AvgIpc) is 3.21. The lowest BCUT2D eigenvalue weighted by atomic mass is 10.2. The van der Waals surface area contributed by atoms with Gasteiger partial charge in [-0.15, -0.1) is 0 Å². The molecule has 0 bridgehead atoms. The summed E-state index contributed by atoms with van der Waals surface area (Å²) in [5, 5.41) is 5.59. The molecular weight excluding hydrogens is 374 g/mol. The minimum atomic E-state index is -0.258. The molecule has 7 heteroatoms. The molecule has 3 rings (SSSR count). The van der Waals surface area contributed by atoms with Crippen LogP contribution in [0.15, 0.2) is 53.2 Å². The maximum Gasteiger partial charge on any atom is 0.244 e. The number of hydrogen-bond donors (Lipinski definition) is 2. The summed E-state index contributed by atoms with van der Waals surface area (Å²) in [5.41, 5.74) is 1.99. The lowest BCUT2D eigenvalue weighted by molar-refractivity contribution is -0.117. The summed E-state index contributed by atoms with van der Waals surface area (Å²) in [6.45, 7) is 3.39. The van der Waals surface area contributed by atoms with E-state index in [9.17, 15) is 9.59 Å². The minimum absolute atomic E-state index is 0.123. The van der Waals surface area contributed by atoms with E-state index in [2.05, 4.69) is 21.6 Å². The summed E-state index contributed by atoms with van der Waals surface area (Å²) in [6, 6.07) is 11.5. The number of rotatable bonds is 8. The highest BCUT2D eigenvalue weighted by Crippen LogP contribution is 2.16. The maximum atomic E-state index is 12.1. The fourth-order valence-electron chi connectivity index (χ4n) is 2.89. The van der Waals surface area contributed by atoms with Crippen LogP contribution in [-0.4, -0.2) is 47.9 Å². The quantitative estimate of drug-likeness (QED) is 0.668. The van der Waals surface area contributed by atoms with Crippen molar-refractivity contribution >= 4 is 35.3 Å². The van der Waals surface area contributed by atoms with Crippen LogP contribution >= 0.6 is 11.8 Å². The number of carbonyl (C=O) groups excluding carboxylic acids is 2. The fraction of sp³-hybridized carbons (Fsp3) is 0.333. The Morgan fingerprint density at radius 2 is 2.04 bits per heavy atom. The van der Waals surface area contributed by atoms with Crippen molar-refractivity contribution in [1.82, 2.24) is 10.2 Å². The van der Waals surface area contributed by atoms with E-state index in [4.69, 9.17) is 4.42 Å². The van der Waals surface area contributed by atoms with Crippen LogP contribution in [0.2, 0.25) is 0 Å². The molecule has 1 fully saturated rings. The fourth-order valence-corrected chi connectivity index (χ4v) is 3.87. The van der Waals surface area contributed by atoms with Gasteiger partial charge in [-0.25, -0.2) is 0 Å². The Morgan fingerprint density at radius 3 is 2.82 bits per heavy atom. The van der Waals surface area contributed by atoms with Crippen molar-refractivity contribution in [2.75, 3.05) is 36.5 Å². The molecule has 6 nitrogen and oxygen atoms in total. The lowest BCUT2D eigenvalue weighted by Crippen LogP contribution is -2.32. The standard InChI is InChI=1S/C21H25N3O3S/c25-20(7-6-19-5-2-12-27-19)22-9-8-21(26)23-18-4-1-3-17(15-18)16-24-10-13-28-14-11-24/h1-7,12,15H,8-11,13-14,16H2,(H,22,25)(H,23,26)/b7-6+. The maximum absolute atomic E-state index is 12.1. The van der Waals surface area contributed by atoms with E-state index in [0.717, 1.165) is 25.3 Å². The Labute approximate surface area is 169 Å². The molecule has 28 heavy (non-hydrogen) atoms. The van der Waals surface area contributed by atoms with Gasteiger partial charge < -0.3 is 15.1 Å². The van der Waals surface area contributed by atoms with Crippen molar-refractivity contribution in [3.63, 3.8) is 0 Å². The SMILES string of the molecule is O=C(/C=C/c1ccco1)NCCC(=O)Nc1cccc(CN2CCSCC2)c1. The zero-order chi connectivity index (χ0) is 19.6. The molecule has 1 aliphatic heterocycles. The molecule has 1 aromatic carbocycles. The van der Waals surface area contributed by atoms with Crippen molar-refractivity contribution in [3.05, 3.63) is 60.1 Å². The molecule has 2 heterocycles. The molecule has 1 aromatic heterocycles. The van der Waals surface area contributed by atoms with Gasteiger partial charge in [0.2, 0.25) is 11.8 Å².